The molecule has 2 heterocycles. The topological polar surface area (TPSA) is 66.7 Å². The van der Waals surface area contributed by atoms with Crippen LogP contribution in [0.4, 0.5) is 0 Å². The van der Waals surface area contributed by atoms with E-state index >= 15 is 0 Å². The number of benzene rings is 1. The van der Waals surface area contributed by atoms with Crippen molar-refractivity contribution in [3.63, 3.8) is 0 Å². The number of aromatic nitrogens is 2. The van der Waals surface area contributed by atoms with Crippen LogP contribution in [0.25, 0.3) is 0 Å². The summed E-state index contributed by atoms with van der Waals surface area (Å²) in [5, 5.41) is 11.5. The lowest BCUT2D eigenvalue weighted by atomic mass is 9.80. The normalized spacial score (nSPS) is 19.2. The van der Waals surface area contributed by atoms with Crippen LogP contribution in [0.2, 0.25) is 0 Å². The predicted octanol–water partition coefficient (Wildman–Crippen LogP) is 3.25. The predicted molar refractivity (Wildman–Crippen MR) is 140 cm³/mol. The zero-order valence-corrected chi connectivity index (χ0v) is 21.5. The minimum absolute atomic E-state index is 0. The van der Waals surface area contributed by atoms with Crippen molar-refractivity contribution < 1.29 is 4.74 Å². The largest absolute Gasteiger partial charge is 0.379 e. The van der Waals surface area contributed by atoms with Gasteiger partial charge < -0.3 is 15.4 Å². The van der Waals surface area contributed by atoms with E-state index in [1.807, 2.05) is 30.2 Å². The molecule has 1 aliphatic carbocycles. The highest BCUT2D eigenvalue weighted by Gasteiger charge is 2.38. The van der Waals surface area contributed by atoms with E-state index in [4.69, 9.17) is 4.74 Å². The molecule has 2 N–H and O–H groups in total. The SMILES string of the molecule is CN=C(NCc1ccccc1Cn1cccn1)NCC1(N2CCOCC2)CCCCC1.I. The van der Waals surface area contributed by atoms with E-state index in [2.05, 4.69) is 49.9 Å². The van der Waals surface area contributed by atoms with Gasteiger partial charge >= 0.3 is 0 Å². The number of guanidine groups is 1. The van der Waals surface area contributed by atoms with E-state index in [1.165, 1.54) is 43.2 Å². The van der Waals surface area contributed by atoms with E-state index in [-0.39, 0.29) is 29.5 Å². The molecule has 2 aromatic rings. The van der Waals surface area contributed by atoms with Gasteiger partial charge in [-0.05, 0) is 30.0 Å². The fourth-order valence-electron chi connectivity index (χ4n) is 4.95. The minimum Gasteiger partial charge on any atom is -0.379 e. The maximum absolute atomic E-state index is 5.61. The average molecular weight is 553 g/mol. The van der Waals surface area contributed by atoms with Crippen molar-refractivity contribution in [1.82, 2.24) is 25.3 Å². The smallest absolute Gasteiger partial charge is 0.191 e. The van der Waals surface area contributed by atoms with Crippen molar-refractivity contribution in [2.45, 2.75) is 50.7 Å². The van der Waals surface area contributed by atoms with Gasteiger partial charge in [-0.3, -0.25) is 14.6 Å². The molecule has 0 radical (unpaired) electrons. The number of hydrogen-bond donors (Lipinski definition) is 2. The Bertz CT molecular complexity index is 829. The summed E-state index contributed by atoms with van der Waals surface area (Å²) in [6.45, 7) is 6.22. The first-order chi connectivity index (χ1) is 15.3. The summed E-state index contributed by atoms with van der Waals surface area (Å²) in [7, 11) is 1.85. The van der Waals surface area contributed by atoms with E-state index < -0.39 is 0 Å². The standard InChI is InChI=1S/C24H36N6O.HI/c1-25-23(26-18-21-8-3-4-9-22(21)19-30-13-7-12-28-30)27-20-24(10-5-2-6-11-24)29-14-16-31-17-15-29;/h3-4,7-9,12-13H,2,5-6,10-11,14-20H2,1H3,(H2,25,26,27);1H. The van der Waals surface area contributed by atoms with Gasteiger partial charge in [0, 0.05) is 51.2 Å². The van der Waals surface area contributed by atoms with Crippen LogP contribution in [0.1, 0.15) is 43.2 Å². The maximum Gasteiger partial charge on any atom is 0.191 e. The zero-order valence-electron chi connectivity index (χ0n) is 19.1. The van der Waals surface area contributed by atoms with Gasteiger partial charge in [0.2, 0.25) is 0 Å². The summed E-state index contributed by atoms with van der Waals surface area (Å²) in [6, 6.07) is 10.5. The molecule has 7 nitrogen and oxygen atoms in total. The van der Waals surface area contributed by atoms with Gasteiger partial charge in [-0.15, -0.1) is 24.0 Å². The molecule has 8 heteroatoms. The molecule has 4 rings (SSSR count). The van der Waals surface area contributed by atoms with Crippen molar-refractivity contribution in [1.29, 1.82) is 0 Å². The first kappa shape index (κ1) is 25.0. The first-order valence-corrected chi connectivity index (χ1v) is 11.6. The molecule has 1 saturated heterocycles. The molecule has 1 saturated carbocycles. The van der Waals surface area contributed by atoms with E-state index in [1.54, 1.807) is 0 Å². The molecule has 0 atom stereocenters. The Morgan fingerprint density at radius 1 is 1.06 bits per heavy atom. The summed E-state index contributed by atoms with van der Waals surface area (Å²) in [5.74, 6) is 0.868. The van der Waals surface area contributed by atoms with Gasteiger partial charge in [0.05, 0.1) is 19.8 Å². The van der Waals surface area contributed by atoms with Crippen LogP contribution in [0.5, 0.6) is 0 Å². The quantitative estimate of drug-likeness (QED) is 0.314. The Balaban J connectivity index is 0.00000289. The van der Waals surface area contributed by atoms with Crippen molar-refractivity contribution >= 4 is 29.9 Å². The van der Waals surface area contributed by atoms with Crippen LogP contribution in [0, 0.1) is 0 Å². The van der Waals surface area contributed by atoms with E-state index in [0.29, 0.717) is 0 Å². The molecule has 0 spiro atoms. The third-order valence-electron chi connectivity index (χ3n) is 6.73. The molecule has 2 fully saturated rings. The lowest BCUT2D eigenvalue weighted by Crippen LogP contribution is -2.60. The molecule has 1 aliphatic heterocycles. The van der Waals surface area contributed by atoms with Crippen LogP contribution in [-0.4, -0.2) is 66.1 Å². The lowest BCUT2D eigenvalue weighted by molar-refractivity contribution is -0.0352. The Hall–Kier alpha value is -1.65. The number of ether oxygens (including phenoxy) is 1. The fourth-order valence-corrected chi connectivity index (χ4v) is 4.95. The van der Waals surface area contributed by atoms with E-state index in [0.717, 1.165) is 51.9 Å². The molecule has 32 heavy (non-hydrogen) atoms. The highest BCUT2D eigenvalue weighted by Crippen LogP contribution is 2.33. The van der Waals surface area contributed by atoms with Crippen molar-refractivity contribution in [3.8, 4) is 0 Å². The van der Waals surface area contributed by atoms with Gasteiger partial charge in [0.25, 0.3) is 0 Å². The molecular weight excluding hydrogens is 515 g/mol. The van der Waals surface area contributed by atoms with Crippen molar-refractivity contribution in [3.05, 3.63) is 53.9 Å². The number of morpholine rings is 1. The second kappa shape index (κ2) is 12.6. The summed E-state index contributed by atoms with van der Waals surface area (Å²) < 4.78 is 7.57. The Labute approximate surface area is 209 Å². The molecule has 176 valence electrons. The number of hydrogen-bond acceptors (Lipinski definition) is 4. The van der Waals surface area contributed by atoms with E-state index in [9.17, 15) is 0 Å². The third-order valence-corrected chi connectivity index (χ3v) is 6.73. The molecule has 0 bridgehead atoms. The van der Waals surface area contributed by atoms with Gasteiger partial charge in [0.1, 0.15) is 0 Å². The number of halogens is 1. The van der Waals surface area contributed by atoms with Gasteiger partial charge in [-0.2, -0.15) is 5.10 Å². The number of aliphatic imine (C=N–C) groups is 1. The molecule has 2 aliphatic rings. The molecule has 0 amide bonds. The molecule has 0 unspecified atom stereocenters. The average Bonchev–Trinajstić information content (AvgIpc) is 3.34. The van der Waals surface area contributed by atoms with Gasteiger partial charge in [-0.25, -0.2) is 0 Å². The Morgan fingerprint density at radius 3 is 2.50 bits per heavy atom. The number of nitrogens with one attached hydrogen (secondary N) is 2. The van der Waals surface area contributed by atoms with Crippen molar-refractivity contribution in [2.75, 3.05) is 39.9 Å². The monoisotopic (exact) mass is 552 g/mol. The van der Waals surface area contributed by atoms with Gasteiger partial charge in [0.15, 0.2) is 5.96 Å². The van der Waals surface area contributed by atoms with Crippen LogP contribution >= 0.6 is 24.0 Å². The first-order valence-electron chi connectivity index (χ1n) is 11.6. The maximum atomic E-state index is 5.61. The third kappa shape index (κ3) is 6.45. The Morgan fingerprint density at radius 2 is 1.81 bits per heavy atom. The highest BCUT2D eigenvalue weighted by atomic mass is 127. The number of rotatable bonds is 7. The second-order valence-corrected chi connectivity index (χ2v) is 8.64. The lowest BCUT2D eigenvalue weighted by Gasteiger charge is -2.48. The van der Waals surface area contributed by atoms with Crippen LogP contribution in [0.15, 0.2) is 47.7 Å². The van der Waals surface area contributed by atoms with Crippen LogP contribution in [-0.2, 0) is 17.8 Å². The molecule has 1 aromatic carbocycles. The number of nitrogens with zero attached hydrogens (tertiary/aromatic N) is 4. The van der Waals surface area contributed by atoms with Crippen LogP contribution < -0.4 is 10.6 Å². The van der Waals surface area contributed by atoms with Crippen LogP contribution in [0.3, 0.4) is 0 Å². The van der Waals surface area contributed by atoms with Crippen molar-refractivity contribution in [2.24, 2.45) is 4.99 Å². The zero-order chi connectivity index (χ0) is 21.4. The summed E-state index contributed by atoms with van der Waals surface area (Å²) >= 11 is 0. The molecule has 1 aromatic heterocycles. The Kier molecular flexibility index (Phi) is 9.80. The summed E-state index contributed by atoms with van der Waals surface area (Å²) in [5.41, 5.74) is 2.75. The minimum atomic E-state index is 0. The summed E-state index contributed by atoms with van der Waals surface area (Å²) in [6.07, 6.45) is 10.3. The highest BCUT2D eigenvalue weighted by molar-refractivity contribution is 14.0. The molecular formula is C24H37IN6O. The summed E-state index contributed by atoms with van der Waals surface area (Å²) in [4.78, 5) is 7.16. The fraction of sp³-hybridized carbons (Fsp3) is 0.583. The van der Waals surface area contributed by atoms with Gasteiger partial charge in [-0.1, -0.05) is 43.5 Å². The second-order valence-electron chi connectivity index (χ2n) is 8.64.